The van der Waals surface area contributed by atoms with E-state index in [4.69, 9.17) is 4.74 Å². The Bertz CT molecular complexity index is 622. The molecule has 0 amide bonds. The van der Waals surface area contributed by atoms with Crippen molar-refractivity contribution in [3.8, 4) is 0 Å². The first kappa shape index (κ1) is 13.9. The molecular formula is C16H12F2O2. The molecule has 2 aromatic rings. The summed E-state index contributed by atoms with van der Waals surface area (Å²) < 4.78 is 30.9. The summed E-state index contributed by atoms with van der Waals surface area (Å²) in [5.41, 5.74) is 0.991. The van der Waals surface area contributed by atoms with Crippen molar-refractivity contribution >= 4 is 12.0 Å². The van der Waals surface area contributed by atoms with Crippen molar-refractivity contribution in [1.29, 1.82) is 0 Å². The second kappa shape index (κ2) is 6.61. The molecule has 102 valence electrons. The topological polar surface area (TPSA) is 26.3 Å². The lowest BCUT2D eigenvalue weighted by molar-refractivity contribution is -0.138. The minimum atomic E-state index is -0.732. The number of rotatable bonds is 4. The van der Waals surface area contributed by atoms with Gasteiger partial charge in [-0.05, 0) is 23.8 Å². The molecule has 0 aliphatic rings. The van der Waals surface area contributed by atoms with E-state index < -0.39 is 17.6 Å². The van der Waals surface area contributed by atoms with E-state index >= 15 is 0 Å². The van der Waals surface area contributed by atoms with E-state index in [9.17, 15) is 13.6 Å². The highest BCUT2D eigenvalue weighted by atomic mass is 19.1. The fraction of sp³-hybridized carbons (Fsp3) is 0.0625. The van der Waals surface area contributed by atoms with Gasteiger partial charge in [-0.15, -0.1) is 0 Å². The maximum absolute atomic E-state index is 13.3. The quantitative estimate of drug-likeness (QED) is 0.627. The van der Waals surface area contributed by atoms with Crippen LogP contribution in [0.4, 0.5) is 8.78 Å². The fourth-order valence-corrected chi connectivity index (χ4v) is 1.56. The normalized spacial score (nSPS) is 10.7. The Balaban J connectivity index is 1.91. The van der Waals surface area contributed by atoms with Crippen LogP contribution in [0.1, 0.15) is 11.1 Å². The molecule has 0 saturated heterocycles. The van der Waals surface area contributed by atoms with Gasteiger partial charge in [0.15, 0.2) is 0 Å². The molecule has 0 heterocycles. The van der Waals surface area contributed by atoms with Crippen LogP contribution in [-0.4, -0.2) is 5.97 Å². The van der Waals surface area contributed by atoms with Crippen LogP contribution in [0.2, 0.25) is 0 Å². The Labute approximate surface area is 115 Å². The first-order valence-electron chi connectivity index (χ1n) is 5.99. The molecule has 0 aliphatic carbocycles. The number of benzene rings is 2. The average molecular weight is 274 g/mol. The van der Waals surface area contributed by atoms with E-state index in [1.165, 1.54) is 12.1 Å². The van der Waals surface area contributed by atoms with Crippen LogP contribution in [0, 0.1) is 11.6 Å². The molecule has 0 saturated carbocycles. The van der Waals surface area contributed by atoms with Crippen LogP contribution in [0.3, 0.4) is 0 Å². The zero-order valence-corrected chi connectivity index (χ0v) is 10.6. The summed E-state index contributed by atoms with van der Waals surface area (Å²) >= 11 is 0. The van der Waals surface area contributed by atoms with Crippen molar-refractivity contribution in [2.75, 3.05) is 0 Å². The van der Waals surface area contributed by atoms with Gasteiger partial charge in [0.25, 0.3) is 0 Å². The lowest BCUT2D eigenvalue weighted by Crippen LogP contribution is -2.02. The third-order valence-electron chi connectivity index (χ3n) is 2.60. The van der Waals surface area contributed by atoms with Gasteiger partial charge in [-0.3, -0.25) is 0 Å². The molecule has 0 aromatic heterocycles. The number of hydrogen-bond donors (Lipinski definition) is 0. The Morgan fingerprint density at radius 1 is 1.10 bits per heavy atom. The number of ether oxygens (including phenoxy) is 1. The van der Waals surface area contributed by atoms with Gasteiger partial charge in [-0.2, -0.15) is 0 Å². The third kappa shape index (κ3) is 4.02. The zero-order chi connectivity index (χ0) is 14.4. The van der Waals surface area contributed by atoms with Crippen molar-refractivity contribution in [2.24, 2.45) is 0 Å². The number of carbonyl (C=O) groups excluding carboxylic acids is 1. The zero-order valence-electron chi connectivity index (χ0n) is 10.6. The SMILES string of the molecule is O=C(/C=C/c1ccccc1)OCc1ccc(F)cc1F. The van der Waals surface area contributed by atoms with Crippen LogP contribution in [0.25, 0.3) is 6.08 Å². The van der Waals surface area contributed by atoms with Gasteiger partial charge in [0.05, 0.1) is 0 Å². The number of esters is 1. The van der Waals surface area contributed by atoms with Gasteiger partial charge in [0.1, 0.15) is 18.2 Å². The lowest BCUT2D eigenvalue weighted by atomic mass is 10.2. The summed E-state index contributed by atoms with van der Waals surface area (Å²) in [5.74, 6) is -1.98. The van der Waals surface area contributed by atoms with Gasteiger partial charge < -0.3 is 4.74 Å². The van der Waals surface area contributed by atoms with Crippen LogP contribution in [0.15, 0.2) is 54.6 Å². The van der Waals surface area contributed by atoms with E-state index in [1.54, 1.807) is 6.08 Å². The Morgan fingerprint density at radius 2 is 1.85 bits per heavy atom. The molecule has 2 nitrogen and oxygen atoms in total. The molecule has 0 radical (unpaired) electrons. The summed E-state index contributed by atoms with van der Waals surface area (Å²) in [5, 5.41) is 0. The minimum absolute atomic E-state index is 0.132. The van der Waals surface area contributed by atoms with Gasteiger partial charge >= 0.3 is 5.97 Å². The molecule has 0 unspecified atom stereocenters. The first-order valence-corrected chi connectivity index (χ1v) is 5.99. The van der Waals surface area contributed by atoms with E-state index in [0.29, 0.717) is 0 Å². The van der Waals surface area contributed by atoms with E-state index in [1.807, 2.05) is 30.3 Å². The van der Waals surface area contributed by atoms with Gasteiger partial charge in [0, 0.05) is 17.7 Å². The molecule has 20 heavy (non-hydrogen) atoms. The Morgan fingerprint density at radius 3 is 2.55 bits per heavy atom. The van der Waals surface area contributed by atoms with Crippen molar-refractivity contribution in [2.45, 2.75) is 6.61 Å². The van der Waals surface area contributed by atoms with Crippen LogP contribution in [0.5, 0.6) is 0 Å². The molecule has 0 spiro atoms. The van der Waals surface area contributed by atoms with E-state index in [2.05, 4.69) is 0 Å². The highest BCUT2D eigenvalue weighted by Gasteiger charge is 2.05. The fourth-order valence-electron chi connectivity index (χ4n) is 1.56. The largest absolute Gasteiger partial charge is 0.458 e. The number of halogens is 2. The van der Waals surface area contributed by atoms with Crippen LogP contribution in [-0.2, 0) is 16.1 Å². The van der Waals surface area contributed by atoms with Crippen molar-refractivity contribution in [1.82, 2.24) is 0 Å². The first-order chi connectivity index (χ1) is 9.65. The van der Waals surface area contributed by atoms with E-state index in [-0.39, 0.29) is 12.2 Å². The second-order valence-electron chi connectivity index (χ2n) is 4.09. The maximum Gasteiger partial charge on any atom is 0.331 e. The molecular weight excluding hydrogens is 262 g/mol. The van der Waals surface area contributed by atoms with Crippen molar-refractivity contribution in [3.05, 3.63) is 77.4 Å². The molecule has 4 heteroatoms. The van der Waals surface area contributed by atoms with Crippen LogP contribution >= 0.6 is 0 Å². The highest BCUT2D eigenvalue weighted by Crippen LogP contribution is 2.11. The van der Waals surface area contributed by atoms with Crippen LogP contribution < -0.4 is 0 Å². The average Bonchev–Trinajstić information content (AvgIpc) is 2.45. The van der Waals surface area contributed by atoms with Gasteiger partial charge in [-0.25, -0.2) is 13.6 Å². The summed E-state index contributed by atoms with van der Waals surface area (Å²) in [6.45, 7) is -0.232. The predicted molar refractivity (Wildman–Crippen MR) is 71.6 cm³/mol. The monoisotopic (exact) mass is 274 g/mol. The maximum atomic E-state index is 13.3. The van der Waals surface area contributed by atoms with Gasteiger partial charge in [-0.1, -0.05) is 30.3 Å². The molecule has 0 N–H and O–H groups in total. The minimum Gasteiger partial charge on any atom is -0.458 e. The Hall–Kier alpha value is -2.49. The van der Waals surface area contributed by atoms with Gasteiger partial charge in [0.2, 0.25) is 0 Å². The number of carbonyl (C=O) groups is 1. The summed E-state index contributed by atoms with van der Waals surface area (Å²) in [6.07, 6.45) is 2.86. The number of hydrogen-bond acceptors (Lipinski definition) is 2. The van der Waals surface area contributed by atoms with Crippen molar-refractivity contribution < 1.29 is 18.3 Å². The Kier molecular flexibility index (Phi) is 4.60. The summed E-state index contributed by atoms with van der Waals surface area (Å²) in [7, 11) is 0. The molecule has 2 rings (SSSR count). The molecule has 0 atom stereocenters. The summed E-state index contributed by atoms with van der Waals surface area (Å²) in [4.78, 5) is 11.5. The van der Waals surface area contributed by atoms with E-state index in [0.717, 1.165) is 17.7 Å². The van der Waals surface area contributed by atoms with Crippen molar-refractivity contribution in [3.63, 3.8) is 0 Å². The third-order valence-corrected chi connectivity index (χ3v) is 2.60. The lowest BCUT2D eigenvalue weighted by Gasteiger charge is -2.03. The second-order valence-corrected chi connectivity index (χ2v) is 4.09. The molecule has 0 aliphatic heterocycles. The standard InChI is InChI=1S/C16H12F2O2/c17-14-8-7-13(15(18)10-14)11-20-16(19)9-6-12-4-2-1-3-5-12/h1-10H,11H2/b9-6+. The smallest absolute Gasteiger partial charge is 0.331 e. The summed E-state index contributed by atoms with van der Waals surface area (Å²) in [6, 6.07) is 12.4. The molecule has 0 bridgehead atoms. The molecule has 2 aromatic carbocycles. The highest BCUT2D eigenvalue weighted by molar-refractivity contribution is 5.87. The predicted octanol–water partition coefficient (Wildman–Crippen LogP) is 3.72. The molecule has 0 fully saturated rings.